The Hall–Kier alpha value is -0.183. The van der Waals surface area contributed by atoms with Gasteiger partial charge in [0.15, 0.2) is 0 Å². The second-order valence-electron chi connectivity index (χ2n) is 1.74. The molecule has 0 saturated carbocycles. The molecule has 0 amide bonds. The van der Waals surface area contributed by atoms with Crippen molar-refractivity contribution in [3.63, 3.8) is 0 Å². The van der Waals surface area contributed by atoms with Crippen molar-refractivity contribution in [2.75, 3.05) is 0 Å². The maximum atomic E-state index is 9.66. The van der Waals surface area contributed by atoms with Crippen molar-refractivity contribution in [1.29, 1.82) is 0 Å². The van der Waals surface area contributed by atoms with Crippen molar-refractivity contribution in [3.8, 4) is 0 Å². The van der Waals surface area contributed by atoms with Gasteiger partial charge in [0.2, 0.25) is 0 Å². The second kappa shape index (κ2) is 3.99. The summed E-state index contributed by atoms with van der Waals surface area (Å²) in [4.78, 5) is 9.66. The zero-order chi connectivity index (χ0) is 5.70. The SMILES string of the molecule is CC(CC[SiH3])N=O. The lowest BCUT2D eigenvalue weighted by atomic mass is 10.3. The van der Waals surface area contributed by atoms with Gasteiger partial charge in [-0.1, -0.05) is 11.2 Å². The average Bonchev–Trinajstić information content (AvgIpc) is 1.68. The topological polar surface area (TPSA) is 29.4 Å². The number of nitroso groups, excluding NO2 is 1. The van der Waals surface area contributed by atoms with E-state index in [4.69, 9.17) is 0 Å². The van der Waals surface area contributed by atoms with Crippen LogP contribution in [0.5, 0.6) is 0 Å². The molecule has 0 aromatic rings. The van der Waals surface area contributed by atoms with E-state index in [0.717, 1.165) is 6.42 Å². The first-order valence-electron chi connectivity index (χ1n) is 2.63. The third-order valence-corrected chi connectivity index (χ3v) is 1.46. The Bertz CT molecular complexity index is 57.7. The van der Waals surface area contributed by atoms with Crippen LogP contribution in [0.3, 0.4) is 0 Å². The van der Waals surface area contributed by atoms with Gasteiger partial charge in [-0.25, -0.2) is 0 Å². The molecular formula is C4H11NOSi. The van der Waals surface area contributed by atoms with Gasteiger partial charge in [0.25, 0.3) is 0 Å². The molecule has 42 valence electrons. The molecule has 7 heavy (non-hydrogen) atoms. The fourth-order valence-corrected chi connectivity index (χ4v) is 1.31. The molecule has 1 atom stereocenters. The first kappa shape index (κ1) is 6.82. The summed E-state index contributed by atoms with van der Waals surface area (Å²) < 4.78 is 0. The highest BCUT2D eigenvalue weighted by Crippen LogP contribution is 1.96. The van der Waals surface area contributed by atoms with Crippen molar-refractivity contribution in [1.82, 2.24) is 0 Å². The third kappa shape index (κ3) is 3.65. The van der Waals surface area contributed by atoms with E-state index in [-0.39, 0.29) is 6.04 Å². The third-order valence-electron chi connectivity index (χ3n) is 0.886. The average molecular weight is 117 g/mol. The van der Waals surface area contributed by atoms with Crippen molar-refractivity contribution in [2.45, 2.75) is 25.4 Å². The summed E-state index contributed by atoms with van der Waals surface area (Å²) in [6.45, 7) is 1.85. The summed E-state index contributed by atoms with van der Waals surface area (Å²) in [5, 5.41) is 2.85. The predicted molar refractivity (Wildman–Crippen MR) is 34.6 cm³/mol. The van der Waals surface area contributed by atoms with Gasteiger partial charge in [-0.15, -0.1) is 0 Å². The Kier molecular flexibility index (Phi) is 3.88. The number of hydrogen-bond acceptors (Lipinski definition) is 2. The minimum absolute atomic E-state index is 0.0532. The van der Waals surface area contributed by atoms with Crippen LogP contribution in [-0.4, -0.2) is 16.3 Å². The van der Waals surface area contributed by atoms with E-state index in [0.29, 0.717) is 0 Å². The summed E-state index contributed by atoms with van der Waals surface area (Å²) in [7, 11) is 1.19. The zero-order valence-corrected chi connectivity index (χ0v) is 6.85. The van der Waals surface area contributed by atoms with Gasteiger partial charge in [0.05, 0.1) is 6.04 Å². The van der Waals surface area contributed by atoms with Gasteiger partial charge >= 0.3 is 0 Å². The minimum Gasteiger partial charge on any atom is -0.151 e. The van der Waals surface area contributed by atoms with Crippen LogP contribution in [0.25, 0.3) is 0 Å². The molecule has 0 bridgehead atoms. The monoisotopic (exact) mass is 117 g/mol. The van der Waals surface area contributed by atoms with Crippen molar-refractivity contribution in [3.05, 3.63) is 4.91 Å². The van der Waals surface area contributed by atoms with Gasteiger partial charge in [-0.05, 0) is 13.3 Å². The lowest BCUT2D eigenvalue weighted by Crippen LogP contribution is -1.93. The van der Waals surface area contributed by atoms with Crippen LogP contribution in [0, 0.1) is 4.91 Å². The smallest absolute Gasteiger partial charge is 0.0888 e. The Morgan fingerprint density at radius 2 is 2.43 bits per heavy atom. The number of hydrogen-bond donors (Lipinski definition) is 0. The minimum atomic E-state index is 0.0532. The van der Waals surface area contributed by atoms with Crippen molar-refractivity contribution < 1.29 is 0 Å². The van der Waals surface area contributed by atoms with Gasteiger partial charge in [-0.2, -0.15) is 4.91 Å². The van der Waals surface area contributed by atoms with Crippen LogP contribution in [0.15, 0.2) is 5.18 Å². The van der Waals surface area contributed by atoms with E-state index in [1.165, 1.54) is 16.3 Å². The van der Waals surface area contributed by atoms with E-state index >= 15 is 0 Å². The highest BCUT2D eigenvalue weighted by Gasteiger charge is 1.94. The van der Waals surface area contributed by atoms with Gasteiger partial charge in [0.1, 0.15) is 0 Å². The maximum Gasteiger partial charge on any atom is 0.0888 e. The number of rotatable bonds is 3. The van der Waals surface area contributed by atoms with Crippen molar-refractivity contribution in [2.24, 2.45) is 5.18 Å². The largest absolute Gasteiger partial charge is 0.151 e. The molecule has 0 aromatic heterocycles. The fraction of sp³-hybridized carbons (Fsp3) is 1.00. The molecule has 0 spiro atoms. The summed E-state index contributed by atoms with van der Waals surface area (Å²) in [6.07, 6.45) is 0.982. The molecule has 0 N–H and O–H groups in total. The van der Waals surface area contributed by atoms with Gasteiger partial charge < -0.3 is 0 Å². The second-order valence-corrected chi connectivity index (χ2v) is 2.74. The molecule has 0 saturated heterocycles. The normalized spacial score (nSPS) is 13.9. The molecule has 0 aliphatic rings. The molecule has 0 aromatic carbocycles. The van der Waals surface area contributed by atoms with E-state index in [2.05, 4.69) is 5.18 Å². The van der Waals surface area contributed by atoms with E-state index in [9.17, 15) is 4.91 Å². The Morgan fingerprint density at radius 1 is 1.86 bits per heavy atom. The first-order chi connectivity index (χ1) is 3.31. The Labute approximate surface area is 46.7 Å². The van der Waals surface area contributed by atoms with Crippen LogP contribution < -0.4 is 0 Å². The first-order valence-corrected chi connectivity index (χ1v) is 4.05. The highest BCUT2D eigenvalue weighted by atomic mass is 28.1. The standard InChI is InChI=1S/C4H11NOSi/c1-4(5-6)2-3-7/h4H,2-3H2,1,7H3. The van der Waals surface area contributed by atoms with Crippen LogP contribution >= 0.6 is 0 Å². The Morgan fingerprint density at radius 3 is 2.57 bits per heavy atom. The van der Waals surface area contributed by atoms with E-state index < -0.39 is 0 Å². The fourth-order valence-electron chi connectivity index (χ4n) is 0.470. The molecule has 0 heterocycles. The lowest BCUT2D eigenvalue weighted by Gasteiger charge is -1.93. The molecule has 0 rings (SSSR count). The molecule has 2 nitrogen and oxygen atoms in total. The van der Waals surface area contributed by atoms with Gasteiger partial charge in [-0.3, -0.25) is 0 Å². The molecule has 0 radical (unpaired) electrons. The van der Waals surface area contributed by atoms with E-state index in [1.807, 2.05) is 6.92 Å². The summed E-state index contributed by atoms with van der Waals surface area (Å²) in [5.74, 6) is 0. The summed E-state index contributed by atoms with van der Waals surface area (Å²) >= 11 is 0. The van der Waals surface area contributed by atoms with Crippen LogP contribution in [-0.2, 0) is 0 Å². The quantitative estimate of drug-likeness (QED) is 0.386. The Balaban J connectivity index is 2.98. The van der Waals surface area contributed by atoms with Crippen LogP contribution in [0.4, 0.5) is 0 Å². The van der Waals surface area contributed by atoms with Gasteiger partial charge in [0, 0.05) is 10.2 Å². The summed E-state index contributed by atoms with van der Waals surface area (Å²) in [6, 6.07) is 1.24. The maximum absolute atomic E-state index is 9.66. The van der Waals surface area contributed by atoms with E-state index in [1.54, 1.807) is 0 Å². The van der Waals surface area contributed by atoms with Crippen molar-refractivity contribution >= 4 is 10.2 Å². The molecular weight excluding hydrogens is 106 g/mol. The molecule has 3 heteroatoms. The molecule has 0 fully saturated rings. The summed E-state index contributed by atoms with van der Waals surface area (Å²) in [5.41, 5.74) is 0. The predicted octanol–water partition coefficient (Wildman–Crippen LogP) is 0.315. The lowest BCUT2D eigenvalue weighted by molar-refractivity contribution is 0.710. The zero-order valence-electron chi connectivity index (χ0n) is 4.85. The van der Waals surface area contributed by atoms with Crippen LogP contribution in [0.1, 0.15) is 13.3 Å². The van der Waals surface area contributed by atoms with Crippen LogP contribution in [0.2, 0.25) is 6.04 Å². The molecule has 0 aliphatic heterocycles. The number of nitrogens with zero attached hydrogens (tertiary/aromatic N) is 1. The molecule has 0 aliphatic carbocycles. The highest BCUT2D eigenvalue weighted by molar-refractivity contribution is 6.08. The molecule has 1 unspecified atom stereocenters.